The lowest BCUT2D eigenvalue weighted by Crippen LogP contribution is -2.57. The predicted octanol–water partition coefficient (Wildman–Crippen LogP) is 1.46. The van der Waals surface area contributed by atoms with E-state index in [1.165, 1.54) is 17.0 Å². The monoisotopic (exact) mass is 326 g/mol. The van der Waals surface area contributed by atoms with E-state index >= 15 is 0 Å². The fraction of sp³-hybridized carbons (Fsp3) is 0.562. The van der Waals surface area contributed by atoms with E-state index in [1.54, 1.807) is 5.06 Å². The summed E-state index contributed by atoms with van der Waals surface area (Å²) in [4.78, 5) is 19.4. The van der Waals surface area contributed by atoms with Crippen LogP contribution in [0.3, 0.4) is 0 Å². The highest BCUT2D eigenvalue weighted by atomic mass is 19.2. The molecule has 2 aliphatic rings. The van der Waals surface area contributed by atoms with E-state index in [-0.39, 0.29) is 18.7 Å². The van der Waals surface area contributed by atoms with Gasteiger partial charge in [0.1, 0.15) is 0 Å². The number of aliphatic hydroxyl groups is 1. The van der Waals surface area contributed by atoms with Gasteiger partial charge in [0.05, 0.1) is 13.2 Å². The van der Waals surface area contributed by atoms with E-state index in [4.69, 9.17) is 4.84 Å². The number of hydroxylamine groups is 2. The molecule has 23 heavy (non-hydrogen) atoms. The van der Waals surface area contributed by atoms with Crippen LogP contribution >= 0.6 is 0 Å². The van der Waals surface area contributed by atoms with E-state index < -0.39 is 23.1 Å². The standard InChI is InChI=1S/C16H20F2N2O3/c17-13-5-1-4-12(14(13)18)10-19-7-2-6-16(22,15(19)21)11-20-8-3-9-23-20/h1,4-5,22H,2-3,6-11H2/t16-/m1/s1. The van der Waals surface area contributed by atoms with Crippen LogP contribution in [0.15, 0.2) is 18.2 Å². The molecule has 1 atom stereocenters. The summed E-state index contributed by atoms with van der Waals surface area (Å²) in [6.07, 6.45) is 1.81. The van der Waals surface area contributed by atoms with Gasteiger partial charge in [-0.1, -0.05) is 12.1 Å². The van der Waals surface area contributed by atoms with Crippen molar-refractivity contribution >= 4 is 5.91 Å². The zero-order chi connectivity index (χ0) is 16.4. The van der Waals surface area contributed by atoms with Crippen molar-refractivity contribution in [2.45, 2.75) is 31.4 Å². The first-order valence-corrected chi connectivity index (χ1v) is 7.82. The number of rotatable bonds is 4. The van der Waals surface area contributed by atoms with Crippen LogP contribution in [0.5, 0.6) is 0 Å². The van der Waals surface area contributed by atoms with E-state index in [1.807, 2.05) is 0 Å². The number of nitrogens with zero attached hydrogens (tertiary/aromatic N) is 2. The number of amides is 1. The molecule has 1 amide bonds. The fourth-order valence-corrected chi connectivity index (χ4v) is 3.15. The molecule has 0 aromatic heterocycles. The first kappa shape index (κ1) is 16.3. The molecule has 126 valence electrons. The largest absolute Gasteiger partial charge is 0.379 e. The molecular formula is C16H20F2N2O3. The first-order valence-electron chi connectivity index (χ1n) is 7.82. The number of hydrogen-bond donors (Lipinski definition) is 1. The summed E-state index contributed by atoms with van der Waals surface area (Å²) in [6.45, 7) is 1.73. The summed E-state index contributed by atoms with van der Waals surface area (Å²) in [5, 5.41) is 12.3. The molecule has 7 heteroatoms. The third-order valence-corrected chi connectivity index (χ3v) is 4.36. The molecule has 2 heterocycles. The van der Waals surface area contributed by atoms with Gasteiger partial charge >= 0.3 is 0 Å². The van der Waals surface area contributed by atoms with Crippen LogP contribution in [0.2, 0.25) is 0 Å². The van der Waals surface area contributed by atoms with Crippen molar-refractivity contribution in [3.63, 3.8) is 0 Å². The molecule has 2 saturated heterocycles. The highest BCUT2D eigenvalue weighted by molar-refractivity contribution is 5.86. The maximum Gasteiger partial charge on any atom is 0.256 e. The molecule has 1 N–H and O–H groups in total. The van der Waals surface area contributed by atoms with Crippen LogP contribution in [-0.4, -0.2) is 52.8 Å². The zero-order valence-corrected chi connectivity index (χ0v) is 12.8. The van der Waals surface area contributed by atoms with Gasteiger partial charge in [0.15, 0.2) is 17.2 Å². The average molecular weight is 326 g/mol. The van der Waals surface area contributed by atoms with Gasteiger partial charge in [-0.05, 0) is 25.3 Å². The predicted molar refractivity (Wildman–Crippen MR) is 78.1 cm³/mol. The van der Waals surface area contributed by atoms with Gasteiger partial charge in [-0.25, -0.2) is 8.78 Å². The molecule has 3 rings (SSSR count). The highest BCUT2D eigenvalue weighted by Gasteiger charge is 2.44. The van der Waals surface area contributed by atoms with Crippen LogP contribution in [0.4, 0.5) is 8.78 Å². The Morgan fingerprint density at radius 3 is 2.83 bits per heavy atom. The van der Waals surface area contributed by atoms with E-state index in [2.05, 4.69) is 0 Å². The summed E-state index contributed by atoms with van der Waals surface area (Å²) in [5.74, 6) is -2.34. The molecule has 0 saturated carbocycles. The molecule has 2 fully saturated rings. The van der Waals surface area contributed by atoms with E-state index in [0.717, 1.165) is 12.5 Å². The second kappa shape index (κ2) is 6.51. The van der Waals surface area contributed by atoms with Gasteiger partial charge < -0.3 is 10.0 Å². The third-order valence-electron chi connectivity index (χ3n) is 4.36. The number of likely N-dealkylation sites (tertiary alicyclic amines) is 1. The van der Waals surface area contributed by atoms with Crippen LogP contribution in [0, 0.1) is 11.6 Å². The molecular weight excluding hydrogens is 306 g/mol. The summed E-state index contributed by atoms with van der Waals surface area (Å²) in [5.41, 5.74) is -1.42. The Bertz CT molecular complexity index is 593. The van der Waals surface area contributed by atoms with Crippen molar-refractivity contribution in [3.05, 3.63) is 35.4 Å². The van der Waals surface area contributed by atoms with Gasteiger partial charge in [-0.3, -0.25) is 9.63 Å². The summed E-state index contributed by atoms with van der Waals surface area (Å²) in [6, 6.07) is 3.90. The van der Waals surface area contributed by atoms with Crippen LogP contribution in [-0.2, 0) is 16.2 Å². The fourth-order valence-electron chi connectivity index (χ4n) is 3.15. The molecule has 0 radical (unpaired) electrons. The number of halogens is 2. The Morgan fingerprint density at radius 1 is 1.26 bits per heavy atom. The quantitative estimate of drug-likeness (QED) is 0.910. The molecule has 2 aliphatic heterocycles. The summed E-state index contributed by atoms with van der Waals surface area (Å²) >= 11 is 0. The van der Waals surface area contributed by atoms with Gasteiger partial charge in [-0.15, -0.1) is 0 Å². The SMILES string of the molecule is O=C1N(Cc2cccc(F)c2F)CCC[C@@]1(O)CN1CCCO1. The van der Waals surface area contributed by atoms with Crippen molar-refractivity contribution in [2.24, 2.45) is 0 Å². The Balaban J connectivity index is 1.72. The number of β-amino-alcohol motifs (C(OH)–C–C–N with tert-alkyl or cyclic N) is 1. The summed E-state index contributed by atoms with van der Waals surface area (Å²) in [7, 11) is 0. The van der Waals surface area contributed by atoms with Crippen molar-refractivity contribution in [3.8, 4) is 0 Å². The van der Waals surface area contributed by atoms with Crippen molar-refractivity contribution in [1.82, 2.24) is 9.96 Å². The second-order valence-corrected chi connectivity index (χ2v) is 6.13. The molecule has 1 aromatic carbocycles. The topological polar surface area (TPSA) is 53.0 Å². The van der Waals surface area contributed by atoms with Crippen molar-refractivity contribution < 1.29 is 23.5 Å². The number of piperidine rings is 1. The Hall–Kier alpha value is -1.57. The average Bonchev–Trinajstić information content (AvgIpc) is 3.01. The van der Waals surface area contributed by atoms with Crippen LogP contribution < -0.4 is 0 Å². The lowest BCUT2D eigenvalue weighted by molar-refractivity contribution is -0.182. The summed E-state index contributed by atoms with van der Waals surface area (Å²) < 4.78 is 27.1. The lowest BCUT2D eigenvalue weighted by atomic mass is 9.91. The molecule has 0 spiro atoms. The van der Waals surface area contributed by atoms with Gasteiger partial charge in [0.2, 0.25) is 0 Å². The Kier molecular flexibility index (Phi) is 4.61. The number of hydrogen-bond acceptors (Lipinski definition) is 4. The molecule has 5 nitrogen and oxygen atoms in total. The second-order valence-electron chi connectivity index (χ2n) is 6.13. The number of carbonyl (C=O) groups is 1. The minimum Gasteiger partial charge on any atom is -0.379 e. The lowest BCUT2D eigenvalue weighted by Gasteiger charge is -2.39. The van der Waals surface area contributed by atoms with Crippen molar-refractivity contribution in [1.29, 1.82) is 0 Å². The van der Waals surface area contributed by atoms with Crippen molar-refractivity contribution in [2.75, 3.05) is 26.2 Å². The maximum absolute atomic E-state index is 13.8. The molecule has 0 unspecified atom stereocenters. The third kappa shape index (κ3) is 3.36. The smallest absolute Gasteiger partial charge is 0.256 e. The minimum atomic E-state index is -1.54. The molecule has 1 aromatic rings. The van der Waals surface area contributed by atoms with Gasteiger partial charge in [-0.2, -0.15) is 5.06 Å². The Morgan fingerprint density at radius 2 is 2.09 bits per heavy atom. The minimum absolute atomic E-state index is 0.0500. The highest BCUT2D eigenvalue weighted by Crippen LogP contribution is 2.27. The number of benzene rings is 1. The van der Waals surface area contributed by atoms with E-state index in [9.17, 15) is 18.7 Å². The van der Waals surface area contributed by atoms with Crippen LogP contribution in [0.1, 0.15) is 24.8 Å². The maximum atomic E-state index is 13.8. The number of carbonyl (C=O) groups excluding carboxylic acids is 1. The normalized spacial score (nSPS) is 26.0. The van der Waals surface area contributed by atoms with Gasteiger partial charge in [0.25, 0.3) is 5.91 Å². The zero-order valence-electron chi connectivity index (χ0n) is 12.8. The Labute approximate surface area is 133 Å². The molecule has 0 aliphatic carbocycles. The van der Waals surface area contributed by atoms with E-state index in [0.29, 0.717) is 32.5 Å². The first-order chi connectivity index (χ1) is 11.0. The van der Waals surface area contributed by atoms with Crippen LogP contribution in [0.25, 0.3) is 0 Å². The van der Waals surface area contributed by atoms with Gasteiger partial charge in [0, 0.05) is 25.2 Å². The molecule has 0 bridgehead atoms.